The van der Waals surface area contributed by atoms with Crippen LogP contribution in [0.2, 0.25) is 6.04 Å². The molecule has 0 radical (unpaired) electrons. The molecule has 0 amide bonds. The minimum absolute atomic E-state index is 0.354. The maximum atomic E-state index is 12.7. The van der Waals surface area contributed by atoms with Gasteiger partial charge in [0, 0.05) is 38.0 Å². The van der Waals surface area contributed by atoms with Crippen LogP contribution in [0.25, 0.3) is 0 Å². The largest absolute Gasteiger partial charge is 0.517 e. The number of nitrogens with one attached hydrogen (secondary N) is 1. The summed E-state index contributed by atoms with van der Waals surface area (Å²) in [5.74, 6) is 1.44. The summed E-state index contributed by atoms with van der Waals surface area (Å²) < 4.78 is 19.6. The molecule has 0 aromatic heterocycles. The molecule has 0 aliphatic carbocycles. The van der Waals surface area contributed by atoms with Crippen molar-refractivity contribution in [2.45, 2.75) is 271 Å². The molecule has 0 saturated carbocycles. The summed E-state index contributed by atoms with van der Waals surface area (Å²) in [6, 6.07) is 0.791. The Balaban J connectivity index is 2.26. The van der Waals surface area contributed by atoms with Crippen molar-refractivity contribution < 1.29 is 18.2 Å². The van der Waals surface area contributed by atoms with Crippen LogP contribution in [0, 0.1) is 5.92 Å². The molecule has 2 unspecified atom stereocenters. The molecule has 0 aromatic carbocycles. The second-order valence-corrected chi connectivity index (χ2v) is 21.1. The van der Waals surface area contributed by atoms with E-state index in [1.54, 1.807) is 0 Å². The summed E-state index contributed by atoms with van der Waals surface area (Å²) in [6.45, 7) is 9.22. The van der Waals surface area contributed by atoms with Crippen LogP contribution < -0.4 is 5.48 Å². The lowest BCUT2D eigenvalue weighted by Gasteiger charge is -2.33. The van der Waals surface area contributed by atoms with Gasteiger partial charge in [0.1, 0.15) is 0 Å². The van der Waals surface area contributed by atoms with E-state index in [9.17, 15) is 4.79 Å². The van der Waals surface area contributed by atoms with Crippen molar-refractivity contribution in [1.82, 2.24) is 5.48 Å². The van der Waals surface area contributed by atoms with Crippen LogP contribution in [0.5, 0.6) is 0 Å². The Morgan fingerprint density at radius 1 is 0.564 bits per heavy atom. The average molecular weight is 812 g/mol. The highest BCUT2D eigenvalue weighted by molar-refractivity contribution is 8.13. The van der Waals surface area contributed by atoms with E-state index in [1.807, 2.05) is 0 Å². The van der Waals surface area contributed by atoms with E-state index in [4.69, 9.17) is 13.4 Å². The lowest BCUT2D eigenvalue weighted by Crippen LogP contribution is -2.52. The molecule has 0 spiro atoms. The Labute approximate surface area is 350 Å². The number of carbonyl (C=O) groups excluding carboxylic acids is 1. The molecule has 1 saturated heterocycles. The van der Waals surface area contributed by atoms with Gasteiger partial charge in [-0.3, -0.25) is 9.32 Å². The van der Waals surface area contributed by atoms with Gasteiger partial charge in [-0.1, -0.05) is 238 Å². The summed E-state index contributed by atoms with van der Waals surface area (Å²) in [5.41, 5.74) is 3.36. The molecule has 55 heavy (non-hydrogen) atoms. The van der Waals surface area contributed by atoms with Crippen molar-refractivity contribution in [3.63, 3.8) is 0 Å². The van der Waals surface area contributed by atoms with Gasteiger partial charge in [0.25, 0.3) is 0 Å². The molecule has 5 nitrogen and oxygen atoms in total. The summed E-state index contributed by atoms with van der Waals surface area (Å²) >= 11 is 1.52. The number of hydroxylamine groups is 1. The number of thioether (sulfide) groups is 1. The Hall–Kier alpha value is 0.0769. The SMILES string of the molecule is CCCCCCCCCCCCCCCC(=O)SCCC[Si]1(OCCCCCCCCCC)OCCC(CCCCCCCCCCCCCCC)CNO1. The number of rotatable bonds is 42. The van der Waals surface area contributed by atoms with Gasteiger partial charge >= 0.3 is 8.80 Å². The molecule has 1 aliphatic heterocycles. The maximum absolute atomic E-state index is 12.7. The summed E-state index contributed by atoms with van der Waals surface area (Å²) in [6.07, 6.45) is 49.9. The monoisotopic (exact) mass is 812 g/mol. The molecular formula is C48H97NO4SSi. The minimum atomic E-state index is -2.82. The molecule has 1 N–H and O–H groups in total. The van der Waals surface area contributed by atoms with Gasteiger partial charge in [-0.2, -0.15) is 0 Å². The smallest absolute Gasteiger partial charge is 0.373 e. The minimum Gasteiger partial charge on any atom is -0.373 e. The van der Waals surface area contributed by atoms with Crippen molar-refractivity contribution in [1.29, 1.82) is 0 Å². The van der Waals surface area contributed by atoms with Crippen LogP contribution in [0.3, 0.4) is 0 Å². The van der Waals surface area contributed by atoms with Crippen molar-refractivity contribution in [3.8, 4) is 0 Å². The molecule has 7 heteroatoms. The molecule has 1 heterocycles. The standard InChI is InChI=1S/C48H97NO4SSi/c1-4-7-10-13-16-19-21-23-25-27-29-32-35-39-47-41-43-52-55(53-49-46-47,51-42-37-34-31-18-15-12-9-6-3)45-38-44-54-48(50)40-36-33-30-28-26-24-22-20-17-14-11-8-5-2/h47,49H,4-46H2,1-3H3. The zero-order chi connectivity index (χ0) is 39.6. The zero-order valence-corrected chi connectivity index (χ0v) is 39.3. The van der Waals surface area contributed by atoms with Crippen molar-refractivity contribution in [2.24, 2.45) is 5.92 Å². The van der Waals surface area contributed by atoms with E-state index in [2.05, 4.69) is 26.3 Å². The average Bonchev–Trinajstić information content (AvgIpc) is 3.18. The summed E-state index contributed by atoms with van der Waals surface area (Å²) in [4.78, 5) is 12.7. The van der Waals surface area contributed by atoms with Gasteiger partial charge in [-0.15, -0.1) is 0 Å². The second kappa shape index (κ2) is 42.2. The third kappa shape index (κ3) is 35.7. The zero-order valence-electron chi connectivity index (χ0n) is 37.5. The van der Waals surface area contributed by atoms with E-state index >= 15 is 0 Å². The molecule has 2 atom stereocenters. The van der Waals surface area contributed by atoms with Crippen LogP contribution >= 0.6 is 11.8 Å². The second-order valence-electron chi connectivity index (χ2n) is 17.3. The van der Waals surface area contributed by atoms with E-state index in [0.29, 0.717) is 11.0 Å². The fourth-order valence-corrected chi connectivity index (χ4v) is 11.5. The first-order chi connectivity index (χ1) is 27.2. The summed E-state index contributed by atoms with van der Waals surface area (Å²) in [5, 5.41) is 0.354. The molecule has 328 valence electrons. The van der Waals surface area contributed by atoms with Crippen molar-refractivity contribution >= 4 is 25.7 Å². The van der Waals surface area contributed by atoms with Gasteiger partial charge in [0.15, 0.2) is 5.12 Å². The highest BCUT2D eigenvalue weighted by atomic mass is 32.2. The fourth-order valence-electron chi connectivity index (χ4n) is 8.04. The molecule has 1 fully saturated rings. The highest BCUT2D eigenvalue weighted by Crippen LogP contribution is 2.25. The van der Waals surface area contributed by atoms with Gasteiger partial charge < -0.3 is 8.85 Å². The Morgan fingerprint density at radius 3 is 1.45 bits per heavy atom. The first-order valence-electron chi connectivity index (χ1n) is 25.0. The quantitative estimate of drug-likeness (QED) is 0.0489. The van der Waals surface area contributed by atoms with Crippen LogP contribution in [-0.4, -0.2) is 39.4 Å². The van der Waals surface area contributed by atoms with Crippen LogP contribution in [0.1, 0.15) is 265 Å². The van der Waals surface area contributed by atoms with Gasteiger partial charge in [-0.25, -0.2) is 5.48 Å². The molecule has 1 aliphatic rings. The van der Waals surface area contributed by atoms with E-state index < -0.39 is 8.80 Å². The first-order valence-corrected chi connectivity index (χ1v) is 27.9. The van der Waals surface area contributed by atoms with Crippen LogP contribution in [0.4, 0.5) is 0 Å². The van der Waals surface area contributed by atoms with Gasteiger partial charge in [0.05, 0.1) is 0 Å². The number of unbranched alkanes of at least 4 members (excludes halogenated alkanes) is 31. The van der Waals surface area contributed by atoms with E-state index in [1.165, 1.54) is 224 Å². The van der Waals surface area contributed by atoms with Gasteiger partial charge in [0.2, 0.25) is 0 Å². The van der Waals surface area contributed by atoms with E-state index in [0.717, 1.165) is 63.7 Å². The third-order valence-corrected chi connectivity index (χ3v) is 15.6. The highest BCUT2D eigenvalue weighted by Gasteiger charge is 2.42. The molecule has 0 aromatic rings. The molecular weight excluding hydrogens is 715 g/mol. The lowest BCUT2D eigenvalue weighted by molar-refractivity contribution is -0.111. The normalized spacial score (nSPS) is 17.8. The van der Waals surface area contributed by atoms with Gasteiger partial charge in [-0.05, 0) is 38.0 Å². The molecule has 0 bridgehead atoms. The maximum Gasteiger partial charge on any atom is 0.517 e. The van der Waals surface area contributed by atoms with Crippen molar-refractivity contribution in [2.75, 3.05) is 25.5 Å². The lowest BCUT2D eigenvalue weighted by atomic mass is 9.97. The topological polar surface area (TPSA) is 56.8 Å². The van der Waals surface area contributed by atoms with E-state index in [-0.39, 0.29) is 0 Å². The first kappa shape index (κ1) is 53.1. The number of carbonyl (C=O) groups is 1. The Morgan fingerprint density at radius 2 is 0.982 bits per heavy atom. The van der Waals surface area contributed by atoms with Crippen LogP contribution in [0.15, 0.2) is 0 Å². The number of hydrogen-bond donors (Lipinski definition) is 1. The summed E-state index contributed by atoms with van der Waals surface area (Å²) in [7, 11) is -2.82. The Kier molecular flexibility index (Phi) is 40.7. The molecule has 1 rings (SSSR count). The Bertz CT molecular complexity index is 779. The predicted octanol–water partition coefficient (Wildman–Crippen LogP) is 16.3. The predicted molar refractivity (Wildman–Crippen MR) is 245 cm³/mol. The van der Waals surface area contributed by atoms with Crippen molar-refractivity contribution in [3.05, 3.63) is 0 Å². The fraction of sp³-hybridized carbons (Fsp3) is 0.979. The number of hydrogen-bond acceptors (Lipinski definition) is 6. The third-order valence-electron chi connectivity index (χ3n) is 11.9. The van der Waals surface area contributed by atoms with Crippen LogP contribution in [-0.2, 0) is 18.2 Å².